The van der Waals surface area contributed by atoms with Gasteiger partial charge < -0.3 is 15.1 Å². The highest BCUT2D eigenvalue weighted by molar-refractivity contribution is 5.08. The minimum absolute atomic E-state index is 0.112. The molecule has 94 valence electrons. The molecular weight excluding hydrogens is 202 g/mol. The molecule has 2 N–H and O–H groups in total. The van der Waals surface area contributed by atoms with Gasteiger partial charge in [-0.1, -0.05) is 13.8 Å². The van der Waals surface area contributed by atoms with Crippen LogP contribution in [-0.4, -0.2) is 47.0 Å². The van der Waals surface area contributed by atoms with Gasteiger partial charge in [-0.2, -0.15) is 0 Å². The van der Waals surface area contributed by atoms with Gasteiger partial charge in [0, 0.05) is 12.0 Å². The highest BCUT2D eigenvalue weighted by Crippen LogP contribution is 2.49. The molecule has 3 heterocycles. The molecule has 3 rings (SSSR count). The largest absolute Gasteiger partial charge is 0.396 e. The second kappa shape index (κ2) is 4.28. The lowest BCUT2D eigenvalue weighted by molar-refractivity contribution is -0.202. The Labute approximate surface area is 98.5 Å². The number of aliphatic hydroxyl groups is 2. The maximum Gasteiger partial charge on any atom is 0.0880 e. The van der Waals surface area contributed by atoms with Crippen molar-refractivity contribution in [1.29, 1.82) is 0 Å². The van der Waals surface area contributed by atoms with Crippen LogP contribution in [0.2, 0.25) is 0 Å². The summed E-state index contributed by atoms with van der Waals surface area (Å²) in [5.74, 6) is 0.393. The molecule has 0 aromatic carbocycles. The normalized spacial score (nSPS) is 39.0. The summed E-state index contributed by atoms with van der Waals surface area (Å²) in [6, 6.07) is 0. The number of piperidine rings is 3. The first-order valence-electron chi connectivity index (χ1n) is 6.67. The third-order valence-corrected chi connectivity index (χ3v) is 5.30. The van der Waals surface area contributed by atoms with Gasteiger partial charge in [0.1, 0.15) is 0 Å². The Balaban J connectivity index is 2.29. The first-order valence-corrected chi connectivity index (χ1v) is 6.67. The zero-order valence-corrected chi connectivity index (χ0v) is 10.6. The van der Waals surface area contributed by atoms with Crippen LogP contribution in [0.1, 0.15) is 39.5 Å². The molecular formula is C13H25NO2. The van der Waals surface area contributed by atoms with Crippen LogP contribution >= 0.6 is 0 Å². The predicted molar refractivity (Wildman–Crippen MR) is 64.2 cm³/mol. The van der Waals surface area contributed by atoms with Crippen molar-refractivity contribution < 1.29 is 10.2 Å². The Bertz CT molecular complexity index is 236. The van der Waals surface area contributed by atoms with Gasteiger partial charge in [0.15, 0.2) is 0 Å². The van der Waals surface area contributed by atoms with Crippen molar-refractivity contribution in [3.05, 3.63) is 0 Å². The third-order valence-electron chi connectivity index (χ3n) is 5.30. The molecule has 0 aliphatic carbocycles. The van der Waals surface area contributed by atoms with Crippen LogP contribution < -0.4 is 0 Å². The topological polar surface area (TPSA) is 43.7 Å². The summed E-state index contributed by atoms with van der Waals surface area (Å²) in [5.41, 5.74) is -0.960. The molecule has 3 aliphatic heterocycles. The molecule has 1 unspecified atom stereocenters. The highest BCUT2D eigenvalue weighted by atomic mass is 16.3. The Morgan fingerprint density at radius 2 is 1.81 bits per heavy atom. The Morgan fingerprint density at radius 3 is 2.12 bits per heavy atom. The molecule has 0 radical (unpaired) electrons. The first-order chi connectivity index (χ1) is 7.62. The maximum atomic E-state index is 11.1. The number of fused-ring (bicyclic) bond motifs is 3. The molecule has 3 aliphatic rings. The number of rotatable bonds is 4. The number of nitrogens with zero attached hydrogens (tertiary/aromatic N) is 1. The van der Waals surface area contributed by atoms with Crippen LogP contribution in [0.3, 0.4) is 0 Å². The minimum Gasteiger partial charge on any atom is -0.396 e. The van der Waals surface area contributed by atoms with E-state index >= 15 is 0 Å². The van der Waals surface area contributed by atoms with Gasteiger partial charge in [-0.15, -0.1) is 0 Å². The van der Waals surface area contributed by atoms with Crippen LogP contribution in [0.25, 0.3) is 0 Å². The molecule has 0 amide bonds. The molecule has 0 spiro atoms. The van der Waals surface area contributed by atoms with Gasteiger partial charge >= 0.3 is 0 Å². The fraction of sp³-hybridized carbons (Fsp3) is 1.00. The molecule has 3 fully saturated rings. The summed E-state index contributed by atoms with van der Waals surface area (Å²) < 4.78 is 0. The van der Waals surface area contributed by atoms with Gasteiger partial charge in [0.2, 0.25) is 0 Å². The van der Waals surface area contributed by atoms with E-state index in [9.17, 15) is 10.2 Å². The molecule has 3 saturated heterocycles. The van der Waals surface area contributed by atoms with Gasteiger partial charge in [0.05, 0.1) is 12.2 Å². The van der Waals surface area contributed by atoms with Crippen molar-refractivity contribution in [2.24, 2.45) is 11.3 Å². The molecule has 3 heteroatoms. The summed E-state index contributed by atoms with van der Waals surface area (Å²) in [5, 5.41) is 20.8. The predicted octanol–water partition coefficient (Wildman–Crippen LogP) is 1.24. The van der Waals surface area contributed by atoms with Crippen molar-refractivity contribution in [2.75, 3.05) is 26.2 Å². The van der Waals surface area contributed by atoms with Crippen molar-refractivity contribution in [1.82, 2.24) is 4.90 Å². The second-order valence-electron chi connectivity index (χ2n) is 5.62. The van der Waals surface area contributed by atoms with Crippen molar-refractivity contribution >= 4 is 0 Å². The van der Waals surface area contributed by atoms with Crippen LogP contribution in [-0.2, 0) is 0 Å². The van der Waals surface area contributed by atoms with Crippen LogP contribution in [0, 0.1) is 11.3 Å². The lowest BCUT2D eigenvalue weighted by Gasteiger charge is -2.58. The summed E-state index contributed by atoms with van der Waals surface area (Å²) in [7, 11) is 0. The van der Waals surface area contributed by atoms with E-state index in [1.54, 1.807) is 0 Å². The van der Waals surface area contributed by atoms with E-state index in [0.29, 0.717) is 5.92 Å². The fourth-order valence-corrected chi connectivity index (χ4v) is 3.86. The fourth-order valence-electron chi connectivity index (χ4n) is 3.86. The number of hydrogen-bond acceptors (Lipinski definition) is 3. The van der Waals surface area contributed by atoms with Crippen LogP contribution in [0.15, 0.2) is 0 Å². The molecule has 16 heavy (non-hydrogen) atoms. The molecule has 0 aromatic rings. The summed E-state index contributed by atoms with van der Waals surface area (Å²) >= 11 is 0. The van der Waals surface area contributed by atoms with Crippen molar-refractivity contribution in [3.8, 4) is 0 Å². The minimum atomic E-state index is -0.665. The average Bonchev–Trinajstić information content (AvgIpc) is 2.33. The highest BCUT2D eigenvalue weighted by Gasteiger charge is 2.56. The number of aliphatic hydroxyl groups excluding tert-OH is 1. The average molecular weight is 227 g/mol. The standard InChI is InChI=1S/C13H25NO2/c1-3-12(4-2,10-15)13(16)9-14-7-5-11(13)6-8-14/h11,15-16H,3-10H2,1-2H3. The van der Waals surface area contributed by atoms with Crippen LogP contribution in [0.4, 0.5) is 0 Å². The van der Waals surface area contributed by atoms with Gasteiger partial charge in [-0.25, -0.2) is 0 Å². The Morgan fingerprint density at radius 1 is 1.25 bits per heavy atom. The molecule has 1 atom stereocenters. The lowest BCUT2D eigenvalue weighted by Crippen LogP contribution is -2.67. The molecule has 2 bridgehead atoms. The van der Waals surface area contributed by atoms with E-state index < -0.39 is 5.60 Å². The van der Waals surface area contributed by atoms with E-state index in [1.807, 2.05) is 0 Å². The Hall–Kier alpha value is -0.120. The SMILES string of the molecule is CCC(CC)(CO)C1(O)CN2CCC1CC2. The molecule has 0 saturated carbocycles. The van der Waals surface area contributed by atoms with Crippen LogP contribution in [0.5, 0.6) is 0 Å². The third kappa shape index (κ3) is 1.52. The smallest absolute Gasteiger partial charge is 0.0880 e. The summed E-state index contributed by atoms with van der Waals surface area (Å²) in [6.07, 6.45) is 3.91. The van der Waals surface area contributed by atoms with E-state index in [-0.39, 0.29) is 12.0 Å². The maximum absolute atomic E-state index is 11.1. The van der Waals surface area contributed by atoms with E-state index in [0.717, 1.165) is 45.3 Å². The summed E-state index contributed by atoms with van der Waals surface area (Å²) in [6.45, 7) is 7.31. The van der Waals surface area contributed by atoms with Crippen molar-refractivity contribution in [2.45, 2.75) is 45.1 Å². The monoisotopic (exact) mass is 227 g/mol. The van der Waals surface area contributed by atoms with Gasteiger partial charge in [-0.3, -0.25) is 0 Å². The van der Waals surface area contributed by atoms with E-state index in [4.69, 9.17) is 0 Å². The van der Waals surface area contributed by atoms with Gasteiger partial charge in [-0.05, 0) is 44.7 Å². The molecule has 3 nitrogen and oxygen atoms in total. The number of hydrogen-bond donors (Lipinski definition) is 2. The van der Waals surface area contributed by atoms with Gasteiger partial charge in [0.25, 0.3) is 0 Å². The zero-order valence-electron chi connectivity index (χ0n) is 10.6. The van der Waals surface area contributed by atoms with E-state index in [2.05, 4.69) is 18.7 Å². The quantitative estimate of drug-likeness (QED) is 0.759. The lowest BCUT2D eigenvalue weighted by atomic mass is 9.58. The molecule has 0 aromatic heterocycles. The first kappa shape index (κ1) is 12.3. The van der Waals surface area contributed by atoms with Crippen molar-refractivity contribution in [3.63, 3.8) is 0 Å². The Kier molecular flexibility index (Phi) is 3.30. The second-order valence-corrected chi connectivity index (χ2v) is 5.62. The van der Waals surface area contributed by atoms with E-state index in [1.165, 1.54) is 0 Å². The zero-order chi connectivity index (χ0) is 11.8. The summed E-state index contributed by atoms with van der Waals surface area (Å²) in [4.78, 5) is 2.36.